The molecule has 2 heteroatoms. The van der Waals surface area contributed by atoms with Crippen molar-refractivity contribution in [2.75, 3.05) is 0 Å². The van der Waals surface area contributed by atoms with Gasteiger partial charge in [0.1, 0.15) is 0 Å². The number of fused-ring (bicyclic) bond motifs is 2. The fourth-order valence-corrected chi connectivity index (χ4v) is 2.75. The molecule has 0 aliphatic heterocycles. The third-order valence-electron chi connectivity index (χ3n) is 3.88. The van der Waals surface area contributed by atoms with E-state index in [0.29, 0.717) is 0 Å². The van der Waals surface area contributed by atoms with Gasteiger partial charge in [0.15, 0.2) is 0 Å². The Balaban J connectivity index is 1.82. The van der Waals surface area contributed by atoms with Gasteiger partial charge in [-0.15, -0.1) is 0 Å². The number of carboxylic acid groups (broad SMARTS) is 1. The van der Waals surface area contributed by atoms with Crippen molar-refractivity contribution in [2.24, 2.45) is 0 Å². The third kappa shape index (κ3) is 3.22. The fourth-order valence-electron chi connectivity index (χ4n) is 2.75. The van der Waals surface area contributed by atoms with Crippen LogP contribution >= 0.6 is 0 Å². The van der Waals surface area contributed by atoms with E-state index < -0.39 is 5.97 Å². The van der Waals surface area contributed by atoms with Gasteiger partial charge in [-0.1, -0.05) is 42.5 Å². The van der Waals surface area contributed by atoms with Crippen LogP contribution < -0.4 is 0 Å². The van der Waals surface area contributed by atoms with E-state index in [0.717, 1.165) is 19.3 Å². The van der Waals surface area contributed by atoms with E-state index in [1.807, 2.05) is 0 Å². The highest BCUT2D eigenvalue weighted by Crippen LogP contribution is 2.24. The van der Waals surface area contributed by atoms with Crippen LogP contribution in [0.1, 0.15) is 24.8 Å². The van der Waals surface area contributed by atoms with Gasteiger partial charge in [0.2, 0.25) is 0 Å². The van der Waals surface area contributed by atoms with Crippen molar-refractivity contribution in [3.63, 3.8) is 0 Å². The molecule has 3 aromatic carbocycles. The zero-order valence-corrected chi connectivity index (χ0v) is 11.9. The van der Waals surface area contributed by atoms with E-state index in [2.05, 4.69) is 54.6 Å². The number of aryl methyl sites for hydroxylation is 1. The SMILES string of the molecule is O=C(O)CCCCc1ccc2cc3ccccc3cc2c1. The molecule has 2 nitrogen and oxygen atoms in total. The molecule has 0 aliphatic carbocycles. The number of aliphatic carboxylic acids is 1. The second kappa shape index (κ2) is 5.96. The summed E-state index contributed by atoms with van der Waals surface area (Å²) in [7, 11) is 0. The molecule has 0 saturated carbocycles. The van der Waals surface area contributed by atoms with Gasteiger partial charge in [-0.3, -0.25) is 4.79 Å². The Morgan fingerprint density at radius 3 is 2.19 bits per heavy atom. The Bertz CT molecular complexity index is 790. The summed E-state index contributed by atoms with van der Waals surface area (Å²) in [5.41, 5.74) is 1.28. The van der Waals surface area contributed by atoms with Gasteiger partial charge in [-0.25, -0.2) is 0 Å². The molecule has 0 atom stereocenters. The van der Waals surface area contributed by atoms with Crippen LogP contribution in [-0.2, 0) is 11.2 Å². The van der Waals surface area contributed by atoms with Crippen molar-refractivity contribution in [1.82, 2.24) is 0 Å². The van der Waals surface area contributed by atoms with Gasteiger partial charge >= 0.3 is 5.97 Å². The smallest absolute Gasteiger partial charge is 0.303 e. The summed E-state index contributed by atoms with van der Waals surface area (Å²) in [5.74, 6) is -0.708. The zero-order chi connectivity index (χ0) is 14.7. The van der Waals surface area contributed by atoms with Crippen molar-refractivity contribution >= 4 is 27.5 Å². The molecular weight excluding hydrogens is 260 g/mol. The lowest BCUT2D eigenvalue weighted by molar-refractivity contribution is -0.137. The molecule has 0 heterocycles. The van der Waals surface area contributed by atoms with Crippen LogP contribution in [0.25, 0.3) is 21.5 Å². The summed E-state index contributed by atoms with van der Waals surface area (Å²) in [6.07, 6.45) is 2.87. The van der Waals surface area contributed by atoms with Crippen LogP contribution in [0.2, 0.25) is 0 Å². The third-order valence-corrected chi connectivity index (χ3v) is 3.88. The Hall–Kier alpha value is -2.35. The Morgan fingerprint density at radius 1 is 0.810 bits per heavy atom. The predicted octanol–water partition coefficient (Wildman–Crippen LogP) is 4.79. The van der Waals surface area contributed by atoms with Crippen molar-refractivity contribution in [1.29, 1.82) is 0 Å². The lowest BCUT2D eigenvalue weighted by Crippen LogP contribution is -1.94. The predicted molar refractivity (Wildman–Crippen MR) is 86.6 cm³/mol. The maximum atomic E-state index is 10.5. The quantitative estimate of drug-likeness (QED) is 0.538. The monoisotopic (exact) mass is 278 g/mol. The summed E-state index contributed by atoms with van der Waals surface area (Å²) < 4.78 is 0. The van der Waals surface area contributed by atoms with Gasteiger partial charge in [-0.2, -0.15) is 0 Å². The molecule has 0 bridgehead atoms. The summed E-state index contributed by atoms with van der Waals surface area (Å²) in [5, 5.41) is 13.7. The highest BCUT2D eigenvalue weighted by atomic mass is 16.4. The van der Waals surface area contributed by atoms with Gasteiger partial charge < -0.3 is 5.11 Å². The maximum absolute atomic E-state index is 10.5. The van der Waals surface area contributed by atoms with Crippen molar-refractivity contribution < 1.29 is 9.90 Å². The molecule has 0 radical (unpaired) electrons. The van der Waals surface area contributed by atoms with E-state index in [1.54, 1.807) is 0 Å². The molecule has 1 N–H and O–H groups in total. The van der Waals surface area contributed by atoms with Gasteiger partial charge in [0.05, 0.1) is 0 Å². The van der Waals surface area contributed by atoms with Crippen LogP contribution in [0.15, 0.2) is 54.6 Å². The van der Waals surface area contributed by atoms with Crippen LogP contribution in [0, 0.1) is 0 Å². The number of benzene rings is 3. The lowest BCUT2D eigenvalue weighted by Gasteiger charge is -2.06. The van der Waals surface area contributed by atoms with E-state index in [1.165, 1.54) is 27.1 Å². The summed E-state index contributed by atoms with van der Waals surface area (Å²) in [6, 6.07) is 19.4. The Morgan fingerprint density at radius 2 is 1.48 bits per heavy atom. The summed E-state index contributed by atoms with van der Waals surface area (Å²) in [4.78, 5) is 10.5. The average Bonchev–Trinajstić information content (AvgIpc) is 2.49. The molecule has 0 aliphatic rings. The van der Waals surface area contributed by atoms with Crippen LogP contribution in [0.3, 0.4) is 0 Å². The summed E-state index contributed by atoms with van der Waals surface area (Å²) >= 11 is 0. The first-order chi connectivity index (χ1) is 10.2. The fraction of sp³-hybridized carbons (Fsp3) is 0.211. The number of hydrogen-bond acceptors (Lipinski definition) is 1. The van der Waals surface area contributed by atoms with Crippen LogP contribution in [-0.4, -0.2) is 11.1 Å². The van der Waals surface area contributed by atoms with Crippen molar-refractivity contribution in [3.8, 4) is 0 Å². The first-order valence-electron chi connectivity index (χ1n) is 7.35. The molecule has 0 aromatic heterocycles. The van der Waals surface area contributed by atoms with Gasteiger partial charge in [0, 0.05) is 6.42 Å². The largest absolute Gasteiger partial charge is 0.481 e. The number of unbranched alkanes of at least 4 members (excludes halogenated alkanes) is 1. The first-order valence-corrected chi connectivity index (χ1v) is 7.35. The average molecular weight is 278 g/mol. The second-order valence-corrected chi connectivity index (χ2v) is 5.48. The minimum Gasteiger partial charge on any atom is -0.481 e. The normalized spacial score (nSPS) is 11.0. The number of carbonyl (C=O) groups is 1. The lowest BCUT2D eigenvalue weighted by atomic mass is 9.99. The minimum atomic E-state index is -0.708. The molecule has 3 rings (SSSR count). The van der Waals surface area contributed by atoms with Crippen molar-refractivity contribution in [3.05, 3.63) is 60.2 Å². The highest BCUT2D eigenvalue weighted by Gasteiger charge is 2.01. The molecule has 106 valence electrons. The van der Waals surface area contributed by atoms with Crippen molar-refractivity contribution in [2.45, 2.75) is 25.7 Å². The van der Waals surface area contributed by atoms with Crippen LogP contribution in [0.4, 0.5) is 0 Å². The molecule has 0 saturated heterocycles. The molecule has 21 heavy (non-hydrogen) atoms. The minimum absolute atomic E-state index is 0.262. The van der Waals surface area contributed by atoms with Gasteiger partial charge in [0.25, 0.3) is 0 Å². The van der Waals surface area contributed by atoms with E-state index in [9.17, 15) is 4.79 Å². The van der Waals surface area contributed by atoms with E-state index in [-0.39, 0.29) is 6.42 Å². The highest BCUT2D eigenvalue weighted by molar-refractivity contribution is 5.98. The van der Waals surface area contributed by atoms with E-state index in [4.69, 9.17) is 5.11 Å². The molecule has 0 unspecified atom stereocenters. The first kappa shape index (κ1) is 13.6. The number of hydrogen-bond donors (Lipinski definition) is 1. The molecule has 0 amide bonds. The number of rotatable bonds is 5. The maximum Gasteiger partial charge on any atom is 0.303 e. The van der Waals surface area contributed by atoms with Crippen LogP contribution in [0.5, 0.6) is 0 Å². The molecule has 3 aromatic rings. The second-order valence-electron chi connectivity index (χ2n) is 5.48. The zero-order valence-electron chi connectivity index (χ0n) is 11.9. The topological polar surface area (TPSA) is 37.3 Å². The Labute approximate surface area is 124 Å². The standard InChI is InChI=1S/C19H18O2/c20-19(21)8-4-1-5-14-9-10-17-12-15-6-2-3-7-16(15)13-18(17)11-14/h2-3,6-7,9-13H,1,4-5,8H2,(H,20,21). The summed E-state index contributed by atoms with van der Waals surface area (Å²) in [6.45, 7) is 0. The molecule has 0 spiro atoms. The van der Waals surface area contributed by atoms with E-state index >= 15 is 0 Å². The molecule has 0 fully saturated rings. The number of carboxylic acids is 1. The van der Waals surface area contributed by atoms with Gasteiger partial charge in [-0.05, 0) is 58.5 Å². The molecular formula is C19H18O2. The Kier molecular flexibility index (Phi) is 3.87.